The Kier molecular flexibility index (Phi) is 7.47. The lowest BCUT2D eigenvalue weighted by Crippen LogP contribution is -2.21. The highest BCUT2D eigenvalue weighted by Gasteiger charge is 2.18. The first kappa shape index (κ1) is 26.2. The van der Waals surface area contributed by atoms with Crippen molar-refractivity contribution in [2.24, 2.45) is 4.99 Å². The standard InChI is InChI=1S/C31H29N3O4S/c1-6-27-28(20-8-7-18(2)19(3)15-20)33-31(39-27)34-29(35)25-17-21-16-24(37-5)13-14-26(21)38-30(25)32-22-9-11-23(36-4)12-10-22/h7-17H,6H2,1-5H3,(H,33,34,35). The van der Waals surface area contributed by atoms with Crippen LogP contribution in [0.2, 0.25) is 0 Å². The van der Waals surface area contributed by atoms with Gasteiger partial charge in [-0.2, -0.15) is 0 Å². The fourth-order valence-electron chi connectivity index (χ4n) is 4.18. The molecule has 198 valence electrons. The molecule has 0 fully saturated rings. The van der Waals surface area contributed by atoms with Gasteiger partial charge in [-0.3, -0.25) is 10.1 Å². The van der Waals surface area contributed by atoms with E-state index < -0.39 is 0 Å². The molecule has 5 aromatic rings. The molecule has 2 heterocycles. The van der Waals surface area contributed by atoms with E-state index in [1.807, 2.05) is 6.07 Å². The third-order valence-electron chi connectivity index (χ3n) is 6.52. The molecule has 0 atom stereocenters. The average Bonchev–Trinajstić information content (AvgIpc) is 3.37. The minimum absolute atomic E-state index is 0.192. The van der Waals surface area contributed by atoms with Gasteiger partial charge in [0.2, 0.25) is 5.55 Å². The van der Waals surface area contributed by atoms with Crippen molar-refractivity contribution in [1.29, 1.82) is 0 Å². The van der Waals surface area contributed by atoms with Crippen LogP contribution in [-0.2, 0) is 6.42 Å². The number of benzene rings is 3. The lowest BCUT2D eigenvalue weighted by atomic mass is 10.0. The minimum atomic E-state index is -0.362. The quantitative estimate of drug-likeness (QED) is 0.236. The van der Waals surface area contributed by atoms with Crippen LogP contribution in [0.15, 0.2) is 76.1 Å². The Balaban J connectivity index is 1.56. The second-order valence-corrected chi connectivity index (χ2v) is 10.2. The van der Waals surface area contributed by atoms with Crippen LogP contribution in [0.1, 0.15) is 33.3 Å². The fourth-order valence-corrected chi connectivity index (χ4v) is 5.10. The van der Waals surface area contributed by atoms with E-state index in [4.69, 9.17) is 18.9 Å². The van der Waals surface area contributed by atoms with E-state index in [1.165, 1.54) is 22.5 Å². The summed E-state index contributed by atoms with van der Waals surface area (Å²) < 4.78 is 16.7. The van der Waals surface area contributed by atoms with Crippen LogP contribution in [0.4, 0.5) is 10.8 Å². The van der Waals surface area contributed by atoms with E-state index in [0.29, 0.717) is 27.9 Å². The molecule has 0 bridgehead atoms. The van der Waals surface area contributed by atoms with Crippen molar-refractivity contribution in [3.8, 4) is 22.8 Å². The molecule has 0 saturated carbocycles. The number of rotatable bonds is 7. The van der Waals surface area contributed by atoms with Gasteiger partial charge in [0.25, 0.3) is 5.91 Å². The van der Waals surface area contributed by atoms with Gasteiger partial charge in [-0.05, 0) is 86.0 Å². The second-order valence-electron chi connectivity index (χ2n) is 9.08. The maximum Gasteiger partial charge on any atom is 0.262 e. The summed E-state index contributed by atoms with van der Waals surface area (Å²) in [5.74, 6) is 1.01. The first-order valence-corrected chi connectivity index (χ1v) is 13.4. The summed E-state index contributed by atoms with van der Waals surface area (Å²) in [6.07, 6.45) is 0.805. The van der Waals surface area contributed by atoms with Crippen LogP contribution in [0.25, 0.3) is 22.2 Å². The van der Waals surface area contributed by atoms with Gasteiger partial charge in [-0.15, -0.1) is 11.3 Å². The summed E-state index contributed by atoms with van der Waals surface area (Å²) >= 11 is 1.47. The van der Waals surface area contributed by atoms with Gasteiger partial charge in [0, 0.05) is 15.8 Å². The second kappa shape index (κ2) is 11.1. The molecule has 8 heteroatoms. The molecule has 39 heavy (non-hydrogen) atoms. The number of nitrogens with zero attached hydrogens (tertiary/aromatic N) is 2. The summed E-state index contributed by atoms with van der Waals surface area (Å²) in [6, 6.07) is 20.7. The molecule has 0 aliphatic rings. The Morgan fingerprint density at radius 1 is 0.949 bits per heavy atom. The lowest BCUT2D eigenvalue weighted by molar-refractivity contribution is 0.102. The largest absolute Gasteiger partial charge is 0.497 e. The van der Waals surface area contributed by atoms with Crippen LogP contribution < -0.4 is 20.3 Å². The topological polar surface area (TPSA) is 86.0 Å². The molecule has 0 saturated heterocycles. The van der Waals surface area contributed by atoms with Gasteiger partial charge >= 0.3 is 0 Å². The molecule has 3 aromatic carbocycles. The third kappa shape index (κ3) is 5.56. The Labute approximate surface area is 230 Å². The number of carbonyl (C=O) groups is 1. The van der Waals surface area contributed by atoms with E-state index >= 15 is 0 Å². The Morgan fingerprint density at radius 2 is 1.69 bits per heavy atom. The molecule has 1 N–H and O–H groups in total. The summed E-state index contributed by atoms with van der Waals surface area (Å²) in [4.78, 5) is 24.2. The highest BCUT2D eigenvalue weighted by Crippen LogP contribution is 2.33. The van der Waals surface area contributed by atoms with Crippen molar-refractivity contribution in [3.63, 3.8) is 0 Å². The zero-order valence-electron chi connectivity index (χ0n) is 22.5. The molecular formula is C31H29N3O4S. The number of ether oxygens (including phenoxy) is 2. The summed E-state index contributed by atoms with van der Waals surface area (Å²) in [6.45, 7) is 6.27. The van der Waals surface area contributed by atoms with E-state index in [0.717, 1.165) is 27.9 Å². The zero-order valence-corrected chi connectivity index (χ0v) is 23.3. The minimum Gasteiger partial charge on any atom is -0.497 e. The van der Waals surface area contributed by atoms with Crippen LogP contribution in [0, 0.1) is 13.8 Å². The van der Waals surface area contributed by atoms with Crippen molar-refractivity contribution in [1.82, 2.24) is 4.98 Å². The van der Waals surface area contributed by atoms with E-state index in [9.17, 15) is 4.79 Å². The number of fused-ring (bicyclic) bond motifs is 1. The number of hydrogen-bond acceptors (Lipinski definition) is 7. The number of aromatic nitrogens is 1. The number of thiazole rings is 1. The summed E-state index contributed by atoms with van der Waals surface area (Å²) in [7, 11) is 3.20. The molecule has 0 unspecified atom stereocenters. The first-order chi connectivity index (χ1) is 18.9. The summed E-state index contributed by atoms with van der Waals surface area (Å²) in [5, 5.41) is 4.22. The Morgan fingerprint density at radius 3 is 2.38 bits per heavy atom. The molecule has 0 aliphatic carbocycles. The van der Waals surface area contributed by atoms with Crippen molar-refractivity contribution >= 4 is 39.0 Å². The SMILES string of the molecule is CCc1sc(NC(=O)c2cc3cc(OC)ccc3oc2=Nc2ccc(OC)cc2)nc1-c1ccc(C)c(C)c1. The molecule has 2 aromatic heterocycles. The number of carbonyl (C=O) groups excluding carboxylic acids is 1. The molecule has 0 radical (unpaired) electrons. The predicted molar refractivity (Wildman–Crippen MR) is 155 cm³/mol. The fraction of sp³-hybridized carbons (Fsp3) is 0.194. The maximum atomic E-state index is 13.7. The van der Waals surface area contributed by atoms with E-state index in [-0.39, 0.29) is 17.0 Å². The van der Waals surface area contributed by atoms with Crippen LogP contribution >= 0.6 is 11.3 Å². The zero-order chi connectivity index (χ0) is 27.5. The third-order valence-corrected chi connectivity index (χ3v) is 7.64. The van der Waals surface area contributed by atoms with Gasteiger partial charge < -0.3 is 13.9 Å². The number of hydrogen-bond donors (Lipinski definition) is 1. The number of nitrogens with one attached hydrogen (secondary N) is 1. The summed E-state index contributed by atoms with van der Waals surface area (Å²) in [5.41, 5.74) is 6.04. The monoisotopic (exact) mass is 539 g/mol. The van der Waals surface area contributed by atoms with Crippen molar-refractivity contribution in [2.75, 3.05) is 19.5 Å². The van der Waals surface area contributed by atoms with Crippen LogP contribution in [-0.4, -0.2) is 25.1 Å². The highest BCUT2D eigenvalue weighted by atomic mass is 32.1. The number of anilines is 1. The number of methoxy groups -OCH3 is 2. The van der Waals surface area contributed by atoms with Crippen molar-refractivity contribution in [3.05, 3.63) is 93.9 Å². The van der Waals surface area contributed by atoms with Crippen LogP contribution in [0.3, 0.4) is 0 Å². The Hall–Kier alpha value is -4.43. The molecular weight excluding hydrogens is 510 g/mol. The Bertz CT molecular complexity index is 1740. The number of aryl methyl sites for hydroxylation is 3. The lowest BCUT2D eigenvalue weighted by Gasteiger charge is -2.07. The molecule has 0 spiro atoms. The van der Waals surface area contributed by atoms with Gasteiger partial charge in [-0.25, -0.2) is 9.98 Å². The molecule has 5 rings (SSSR count). The predicted octanol–water partition coefficient (Wildman–Crippen LogP) is 7.24. The van der Waals surface area contributed by atoms with E-state index in [1.54, 1.807) is 56.7 Å². The molecule has 0 aliphatic heterocycles. The molecule has 7 nitrogen and oxygen atoms in total. The van der Waals surface area contributed by atoms with Gasteiger partial charge in [0.1, 0.15) is 22.6 Å². The molecule has 1 amide bonds. The first-order valence-electron chi connectivity index (χ1n) is 12.6. The smallest absolute Gasteiger partial charge is 0.262 e. The normalized spacial score (nSPS) is 11.6. The van der Waals surface area contributed by atoms with Crippen molar-refractivity contribution < 1.29 is 18.7 Å². The van der Waals surface area contributed by atoms with Crippen molar-refractivity contribution in [2.45, 2.75) is 27.2 Å². The van der Waals surface area contributed by atoms with Gasteiger partial charge in [0.15, 0.2) is 5.13 Å². The van der Waals surface area contributed by atoms with Gasteiger partial charge in [-0.1, -0.05) is 19.1 Å². The van der Waals surface area contributed by atoms with Crippen LogP contribution in [0.5, 0.6) is 11.5 Å². The average molecular weight is 540 g/mol. The van der Waals surface area contributed by atoms with E-state index in [2.05, 4.69) is 49.3 Å². The number of amides is 1. The highest BCUT2D eigenvalue weighted by molar-refractivity contribution is 7.16. The van der Waals surface area contributed by atoms with Gasteiger partial charge in [0.05, 0.1) is 25.6 Å². The maximum absolute atomic E-state index is 13.7.